The number of pyridine rings is 1. The Kier molecular flexibility index (Phi) is 3.34. The lowest BCUT2D eigenvalue weighted by molar-refractivity contribution is 0.258. The highest BCUT2D eigenvalue weighted by atomic mass is 19.1. The van der Waals surface area contributed by atoms with E-state index in [0.29, 0.717) is 19.1 Å². The summed E-state index contributed by atoms with van der Waals surface area (Å²) in [6.07, 6.45) is 1.91. The highest BCUT2D eigenvalue weighted by Crippen LogP contribution is 2.10. The van der Waals surface area contributed by atoms with Gasteiger partial charge in [-0.15, -0.1) is 0 Å². The van der Waals surface area contributed by atoms with Crippen LogP contribution in [-0.2, 0) is 4.74 Å². The van der Waals surface area contributed by atoms with E-state index in [1.54, 1.807) is 0 Å². The summed E-state index contributed by atoms with van der Waals surface area (Å²) < 4.78 is 23.1. The van der Waals surface area contributed by atoms with Gasteiger partial charge in [0.1, 0.15) is 12.4 Å². The molecule has 1 aliphatic heterocycles. The average molecular weight is 224 g/mol. The molecule has 0 fully saturated rings. The third-order valence-electron chi connectivity index (χ3n) is 2.25. The molecule has 1 atom stereocenters. The van der Waals surface area contributed by atoms with Gasteiger partial charge in [-0.2, -0.15) is 0 Å². The van der Waals surface area contributed by atoms with E-state index < -0.39 is 0 Å². The highest BCUT2D eigenvalue weighted by molar-refractivity contribution is 5.74. The molecular weight excluding hydrogens is 211 g/mol. The van der Waals surface area contributed by atoms with E-state index in [9.17, 15) is 4.39 Å². The molecule has 1 unspecified atom stereocenters. The van der Waals surface area contributed by atoms with Gasteiger partial charge in [0.2, 0.25) is 5.88 Å². The molecule has 1 aliphatic rings. The van der Waals surface area contributed by atoms with Gasteiger partial charge in [-0.1, -0.05) is 0 Å². The van der Waals surface area contributed by atoms with Crippen molar-refractivity contribution in [3.63, 3.8) is 0 Å². The molecule has 0 radical (unpaired) electrons. The minimum absolute atomic E-state index is 0.167. The van der Waals surface area contributed by atoms with Gasteiger partial charge in [-0.05, 0) is 6.07 Å². The predicted molar refractivity (Wildman–Crippen MR) is 57.2 cm³/mol. The molecule has 0 spiro atoms. The molecule has 2 heterocycles. The van der Waals surface area contributed by atoms with Crippen LogP contribution in [0, 0.1) is 5.82 Å². The summed E-state index contributed by atoms with van der Waals surface area (Å²) in [7, 11) is 0. The van der Waals surface area contributed by atoms with Crippen molar-refractivity contribution in [1.82, 2.24) is 4.98 Å². The second kappa shape index (κ2) is 4.92. The van der Waals surface area contributed by atoms with Gasteiger partial charge in [0, 0.05) is 19.4 Å². The molecule has 16 heavy (non-hydrogen) atoms. The van der Waals surface area contributed by atoms with Crippen molar-refractivity contribution in [1.29, 1.82) is 0 Å². The zero-order valence-electron chi connectivity index (χ0n) is 9.02. The molecule has 0 N–H and O–H groups in total. The lowest BCUT2D eigenvalue weighted by atomic mass is 10.2. The van der Waals surface area contributed by atoms with Crippen molar-refractivity contribution in [3.8, 4) is 5.88 Å². The van der Waals surface area contributed by atoms with Gasteiger partial charge in [-0.25, -0.2) is 14.4 Å². The molecule has 0 saturated carbocycles. The Morgan fingerprint density at radius 2 is 2.44 bits per heavy atom. The SMILES string of the molecule is CC1=NC(CCOc2ccc(F)cn2)CO1. The van der Waals surface area contributed by atoms with Crippen LogP contribution in [-0.4, -0.2) is 30.1 Å². The third-order valence-corrected chi connectivity index (χ3v) is 2.25. The summed E-state index contributed by atoms with van der Waals surface area (Å²) in [5, 5.41) is 0. The Balaban J connectivity index is 1.74. The molecular formula is C11H13FN2O2. The van der Waals surface area contributed by atoms with Gasteiger partial charge in [0.15, 0.2) is 5.90 Å². The van der Waals surface area contributed by atoms with Crippen LogP contribution in [0.5, 0.6) is 5.88 Å². The Hall–Kier alpha value is -1.65. The van der Waals surface area contributed by atoms with E-state index >= 15 is 0 Å². The van der Waals surface area contributed by atoms with Crippen LogP contribution in [0.2, 0.25) is 0 Å². The molecule has 0 aromatic carbocycles. The first kappa shape index (κ1) is 10.9. The number of hydrogen-bond acceptors (Lipinski definition) is 4. The number of nitrogens with zero attached hydrogens (tertiary/aromatic N) is 2. The van der Waals surface area contributed by atoms with Crippen molar-refractivity contribution in [3.05, 3.63) is 24.1 Å². The van der Waals surface area contributed by atoms with E-state index in [1.165, 1.54) is 12.1 Å². The van der Waals surface area contributed by atoms with Crippen LogP contribution < -0.4 is 4.74 Å². The fourth-order valence-corrected chi connectivity index (χ4v) is 1.44. The van der Waals surface area contributed by atoms with Crippen molar-refractivity contribution in [2.75, 3.05) is 13.2 Å². The number of ether oxygens (including phenoxy) is 2. The molecule has 1 aromatic heterocycles. The van der Waals surface area contributed by atoms with E-state index in [1.807, 2.05) is 6.92 Å². The fourth-order valence-electron chi connectivity index (χ4n) is 1.44. The fraction of sp³-hybridized carbons (Fsp3) is 0.455. The first-order valence-corrected chi connectivity index (χ1v) is 5.15. The molecule has 2 rings (SSSR count). The molecule has 86 valence electrons. The summed E-state index contributed by atoms with van der Waals surface area (Å²) in [4.78, 5) is 8.06. The summed E-state index contributed by atoms with van der Waals surface area (Å²) in [5.74, 6) is 0.794. The van der Waals surface area contributed by atoms with Crippen LogP contribution in [0.15, 0.2) is 23.3 Å². The van der Waals surface area contributed by atoms with Crippen molar-refractivity contribution >= 4 is 5.90 Å². The maximum absolute atomic E-state index is 12.5. The van der Waals surface area contributed by atoms with E-state index in [2.05, 4.69) is 9.98 Å². The monoisotopic (exact) mass is 224 g/mol. The second-order valence-corrected chi connectivity index (χ2v) is 3.56. The summed E-state index contributed by atoms with van der Waals surface area (Å²) in [6.45, 7) is 2.96. The minimum atomic E-state index is -0.364. The first-order valence-electron chi connectivity index (χ1n) is 5.15. The zero-order chi connectivity index (χ0) is 11.4. The van der Waals surface area contributed by atoms with Crippen molar-refractivity contribution in [2.45, 2.75) is 19.4 Å². The largest absolute Gasteiger partial charge is 0.479 e. The summed E-state index contributed by atoms with van der Waals surface area (Å²) >= 11 is 0. The molecule has 0 bridgehead atoms. The molecule has 0 saturated heterocycles. The Morgan fingerprint density at radius 1 is 1.56 bits per heavy atom. The van der Waals surface area contributed by atoms with E-state index in [4.69, 9.17) is 9.47 Å². The van der Waals surface area contributed by atoms with Gasteiger partial charge >= 0.3 is 0 Å². The Labute approximate surface area is 93.1 Å². The van der Waals surface area contributed by atoms with Crippen LogP contribution >= 0.6 is 0 Å². The van der Waals surface area contributed by atoms with Crippen LogP contribution in [0.25, 0.3) is 0 Å². The zero-order valence-corrected chi connectivity index (χ0v) is 9.02. The Morgan fingerprint density at radius 3 is 3.06 bits per heavy atom. The minimum Gasteiger partial charge on any atom is -0.479 e. The third kappa shape index (κ3) is 2.92. The van der Waals surface area contributed by atoms with Crippen LogP contribution in [0.1, 0.15) is 13.3 Å². The summed E-state index contributed by atoms with van der Waals surface area (Å²) in [6, 6.07) is 3.00. The maximum Gasteiger partial charge on any atom is 0.213 e. The molecule has 1 aromatic rings. The average Bonchev–Trinajstić information content (AvgIpc) is 2.67. The molecule has 4 nitrogen and oxygen atoms in total. The summed E-state index contributed by atoms with van der Waals surface area (Å²) in [5.41, 5.74) is 0. The molecule has 5 heteroatoms. The van der Waals surface area contributed by atoms with Crippen LogP contribution in [0.3, 0.4) is 0 Å². The standard InChI is InChI=1S/C11H13FN2O2/c1-8-14-10(7-16-8)4-5-15-11-3-2-9(12)6-13-11/h2-3,6,10H,4-5,7H2,1H3. The molecule has 0 aliphatic carbocycles. The number of halogens is 1. The number of rotatable bonds is 4. The second-order valence-electron chi connectivity index (χ2n) is 3.56. The topological polar surface area (TPSA) is 43.7 Å². The lowest BCUT2D eigenvalue weighted by Gasteiger charge is -2.06. The highest BCUT2D eigenvalue weighted by Gasteiger charge is 2.15. The van der Waals surface area contributed by atoms with Gasteiger partial charge < -0.3 is 9.47 Å². The smallest absolute Gasteiger partial charge is 0.213 e. The van der Waals surface area contributed by atoms with Gasteiger partial charge in [0.25, 0.3) is 0 Å². The Bertz CT molecular complexity index is 378. The normalized spacial score (nSPS) is 19.1. The molecule has 0 amide bonds. The predicted octanol–water partition coefficient (Wildman–Crippen LogP) is 1.81. The lowest BCUT2D eigenvalue weighted by Crippen LogP contribution is -2.12. The maximum atomic E-state index is 12.5. The van der Waals surface area contributed by atoms with Crippen molar-refractivity contribution in [2.24, 2.45) is 4.99 Å². The van der Waals surface area contributed by atoms with Crippen LogP contribution in [0.4, 0.5) is 4.39 Å². The number of aromatic nitrogens is 1. The number of aliphatic imine (C=N–C) groups is 1. The van der Waals surface area contributed by atoms with E-state index in [-0.39, 0.29) is 11.9 Å². The first-order chi connectivity index (χ1) is 7.74. The van der Waals surface area contributed by atoms with Gasteiger partial charge in [-0.3, -0.25) is 0 Å². The number of hydrogen-bond donors (Lipinski definition) is 0. The quantitative estimate of drug-likeness (QED) is 0.783. The van der Waals surface area contributed by atoms with E-state index in [0.717, 1.165) is 18.5 Å². The van der Waals surface area contributed by atoms with Crippen molar-refractivity contribution < 1.29 is 13.9 Å². The van der Waals surface area contributed by atoms with Gasteiger partial charge in [0.05, 0.1) is 18.8 Å².